The molecule has 7 rings (SSSR count). The van der Waals surface area contributed by atoms with E-state index in [0.29, 0.717) is 23.0 Å². The molecule has 0 bridgehead atoms. The molecule has 0 spiro atoms. The second-order valence-corrected chi connectivity index (χ2v) is 12.6. The van der Waals surface area contributed by atoms with Crippen LogP contribution in [0.15, 0.2) is 73.2 Å². The van der Waals surface area contributed by atoms with Crippen molar-refractivity contribution < 1.29 is 14.4 Å². The van der Waals surface area contributed by atoms with Crippen LogP contribution in [0, 0.1) is 5.92 Å². The molecule has 1 aliphatic heterocycles. The molecule has 0 radical (unpaired) electrons. The van der Waals surface area contributed by atoms with Crippen molar-refractivity contribution in [3.05, 3.63) is 100 Å². The Morgan fingerprint density at radius 1 is 1.00 bits per heavy atom. The summed E-state index contributed by atoms with van der Waals surface area (Å²) in [5, 5.41) is 1.72. The largest absolute Gasteiger partial charge is 0.340 e. The number of hydrogen-bond donors (Lipinski definition) is 0. The van der Waals surface area contributed by atoms with Crippen molar-refractivity contribution in [2.24, 2.45) is 5.92 Å². The lowest BCUT2D eigenvalue weighted by atomic mass is 9.73. The van der Waals surface area contributed by atoms with Gasteiger partial charge in [-0.2, -0.15) is 0 Å². The molecule has 2 unspecified atom stereocenters. The summed E-state index contributed by atoms with van der Waals surface area (Å²) in [6.45, 7) is 8.48. The Morgan fingerprint density at radius 2 is 1.73 bits per heavy atom. The highest BCUT2D eigenvalue weighted by atomic mass is 16.2. The predicted octanol–water partition coefficient (Wildman–Crippen LogP) is 4.41. The van der Waals surface area contributed by atoms with E-state index in [9.17, 15) is 14.4 Å². The van der Waals surface area contributed by atoms with E-state index in [1.807, 2.05) is 78.3 Å². The third kappa shape index (κ3) is 4.38. The fourth-order valence-electron chi connectivity index (χ4n) is 7.00. The number of amides is 1. The van der Waals surface area contributed by atoms with E-state index in [0.717, 1.165) is 32.8 Å². The summed E-state index contributed by atoms with van der Waals surface area (Å²) in [5.41, 5.74) is 4.98. The molecule has 0 saturated carbocycles. The Kier molecular flexibility index (Phi) is 6.69. The second-order valence-electron chi connectivity index (χ2n) is 12.6. The lowest BCUT2D eigenvalue weighted by Gasteiger charge is -2.42. The van der Waals surface area contributed by atoms with Gasteiger partial charge < -0.3 is 14.7 Å². The van der Waals surface area contributed by atoms with Gasteiger partial charge in [-0.25, -0.2) is 9.97 Å². The molecule has 8 nitrogen and oxygen atoms in total. The fraction of sp³-hybridized carbons (Fsp3) is 0.270. The van der Waals surface area contributed by atoms with E-state index >= 15 is 0 Å². The van der Waals surface area contributed by atoms with Gasteiger partial charge in [-0.3, -0.25) is 14.4 Å². The molecular weight excluding hydrogens is 562 g/mol. The van der Waals surface area contributed by atoms with Crippen LogP contribution >= 0.6 is 0 Å². The van der Waals surface area contributed by atoms with Gasteiger partial charge >= 0.3 is 0 Å². The van der Waals surface area contributed by atoms with Crippen LogP contribution in [0.4, 0.5) is 17.2 Å². The standard InChI is InChI=1S/C37H35N5O3/c1-22(2)24-10-12-25(13-11-24)40(5)34(44)19-41-21-42(36-32(41)18-38-20-39-36)37(4)31-15-14-27-26-8-6-7-9-28(26)33(43)17-29(27)30(31)16-23(3)35(37)45/h6-18,20,22-23H,19,21H2,1-5H3. The predicted molar refractivity (Wildman–Crippen MR) is 177 cm³/mol. The molecule has 0 saturated heterocycles. The quantitative estimate of drug-likeness (QED) is 0.337. The maximum Gasteiger partial charge on any atom is 0.246 e. The molecule has 1 aromatic heterocycles. The van der Waals surface area contributed by atoms with Crippen LogP contribution in [-0.4, -0.2) is 47.7 Å². The van der Waals surface area contributed by atoms with Gasteiger partial charge in [-0.15, -0.1) is 0 Å². The smallest absolute Gasteiger partial charge is 0.246 e. The molecular formula is C37H35N5O3. The number of fused-ring (bicyclic) bond motifs is 6. The molecule has 2 atom stereocenters. The Bertz CT molecular complexity index is 2020. The van der Waals surface area contributed by atoms with Crippen molar-refractivity contribution in [1.82, 2.24) is 9.97 Å². The molecule has 45 heavy (non-hydrogen) atoms. The molecule has 3 aliphatic rings. The number of aromatic nitrogens is 2. The number of carbonyl (C=O) groups excluding carboxylic acids is 3. The third-order valence-electron chi connectivity index (χ3n) is 9.65. The fourth-order valence-corrected chi connectivity index (χ4v) is 7.00. The summed E-state index contributed by atoms with van der Waals surface area (Å²) < 4.78 is 0. The van der Waals surface area contributed by atoms with Crippen LogP contribution < -0.4 is 25.1 Å². The van der Waals surface area contributed by atoms with Crippen molar-refractivity contribution in [3.63, 3.8) is 0 Å². The highest BCUT2D eigenvalue weighted by molar-refractivity contribution is 6.22. The topological polar surface area (TPSA) is 86.7 Å². The summed E-state index contributed by atoms with van der Waals surface area (Å²) in [7, 11) is 1.78. The summed E-state index contributed by atoms with van der Waals surface area (Å²) in [6, 6.07) is 19.7. The normalized spacial score (nSPS) is 19.7. The van der Waals surface area contributed by atoms with Crippen molar-refractivity contribution in [3.8, 4) is 11.1 Å². The van der Waals surface area contributed by atoms with Crippen LogP contribution in [0.1, 0.15) is 55.1 Å². The van der Waals surface area contributed by atoms with Crippen molar-refractivity contribution in [1.29, 1.82) is 0 Å². The maximum atomic E-state index is 14.2. The first-order valence-electron chi connectivity index (χ1n) is 15.3. The van der Waals surface area contributed by atoms with E-state index < -0.39 is 11.5 Å². The Morgan fingerprint density at radius 3 is 2.47 bits per heavy atom. The lowest BCUT2D eigenvalue weighted by Crippen LogP contribution is -2.59. The van der Waals surface area contributed by atoms with E-state index in [-0.39, 0.29) is 30.7 Å². The zero-order chi connectivity index (χ0) is 31.6. The molecule has 1 amide bonds. The van der Waals surface area contributed by atoms with Gasteiger partial charge in [0, 0.05) is 24.2 Å². The zero-order valence-corrected chi connectivity index (χ0v) is 26.1. The molecule has 4 aromatic rings. The summed E-state index contributed by atoms with van der Waals surface area (Å²) in [6.07, 6.45) is 6.86. The first kappa shape index (κ1) is 28.6. The molecule has 226 valence electrons. The Balaban J connectivity index is 1.27. The van der Waals surface area contributed by atoms with Crippen LogP contribution in [0.2, 0.25) is 0 Å². The lowest BCUT2D eigenvalue weighted by molar-refractivity contribution is -0.126. The Hall–Kier alpha value is -5.11. The first-order valence-corrected chi connectivity index (χ1v) is 15.3. The first-order chi connectivity index (χ1) is 21.6. The van der Waals surface area contributed by atoms with E-state index in [4.69, 9.17) is 0 Å². The highest BCUT2D eigenvalue weighted by Crippen LogP contribution is 2.44. The number of likely N-dealkylation sites (N-methyl/N-ethyl adjacent to an activating group) is 1. The Labute approximate surface area is 262 Å². The van der Waals surface area contributed by atoms with E-state index in [2.05, 4.69) is 35.9 Å². The molecule has 2 aliphatic carbocycles. The second kappa shape index (κ2) is 10.5. The minimum atomic E-state index is -1.11. The van der Waals surface area contributed by atoms with Crippen LogP contribution in [0.25, 0.3) is 23.3 Å². The van der Waals surface area contributed by atoms with Crippen molar-refractivity contribution in [2.75, 3.05) is 35.0 Å². The number of Topliss-reactive ketones (excluding diaryl/α,β-unsaturated/α-hetero) is 2. The van der Waals surface area contributed by atoms with Gasteiger partial charge in [0.2, 0.25) is 5.91 Å². The third-order valence-corrected chi connectivity index (χ3v) is 9.65. The average molecular weight is 598 g/mol. The van der Waals surface area contributed by atoms with Gasteiger partial charge in [-0.05, 0) is 63.7 Å². The van der Waals surface area contributed by atoms with Crippen molar-refractivity contribution in [2.45, 2.75) is 39.2 Å². The number of rotatable bonds is 5. The van der Waals surface area contributed by atoms with Gasteiger partial charge in [0.25, 0.3) is 0 Å². The van der Waals surface area contributed by atoms with E-state index in [1.54, 1.807) is 24.2 Å². The van der Waals surface area contributed by atoms with Gasteiger partial charge in [-0.1, -0.05) is 75.4 Å². The number of hydrogen-bond acceptors (Lipinski definition) is 7. The number of carbonyl (C=O) groups is 3. The minimum absolute atomic E-state index is 0.0255. The average Bonchev–Trinajstić information content (AvgIpc) is 3.42. The van der Waals surface area contributed by atoms with Gasteiger partial charge in [0.1, 0.15) is 17.6 Å². The van der Waals surface area contributed by atoms with Crippen LogP contribution in [0.3, 0.4) is 0 Å². The number of benzene rings is 3. The SMILES string of the molecule is CC1C=c2c(ccc3c2=CC(=O)c2ccccc2-3)C(C)(N2CN(CC(=O)N(C)c3ccc(C(C)C)cc3)c3cncnc32)C1=O. The number of ketones is 2. The zero-order valence-electron chi connectivity index (χ0n) is 26.1. The summed E-state index contributed by atoms with van der Waals surface area (Å²) in [4.78, 5) is 55.6. The van der Waals surface area contributed by atoms with Crippen LogP contribution in [-0.2, 0) is 15.1 Å². The molecule has 2 heterocycles. The molecule has 3 aromatic carbocycles. The number of anilines is 3. The molecule has 0 N–H and O–H groups in total. The number of nitrogens with zero attached hydrogens (tertiary/aromatic N) is 5. The molecule has 0 fully saturated rings. The maximum absolute atomic E-state index is 14.2. The minimum Gasteiger partial charge on any atom is -0.340 e. The summed E-state index contributed by atoms with van der Waals surface area (Å²) >= 11 is 0. The van der Waals surface area contributed by atoms with Gasteiger partial charge in [0.15, 0.2) is 17.4 Å². The highest BCUT2D eigenvalue weighted by Gasteiger charge is 2.50. The van der Waals surface area contributed by atoms with Crippen molar-refractivity contribution >= 4 is 46.8 Å². The molecule has 8 heteroatoms. The van der Waals surface area contributed by atoms with Gasteiger partial charge in [0.05, 0.1) is 19.4 Å². The van der Waals surface area contributed by atoms with Crippen LogP contribution in [0.5, 0.6) is 0 Å². The van der Waals surface area contributed by atoms with E-state index in [1.165, 1.54) is 11.9 Å². The summed E-state index contributed by atoms with van der Waals surface area (Å²) in [5.74, 6) is 0.486. The monoisotopic (exact) mass is 597 g/mol.